The standard InChI is InChI=1S/C20H26ClN5S/c1-14-2-5-16(21)12-18(14)24-10-8-23(9-11-24)13-25-20(27)26(17-6-7-17)19(22-25)15-3-4-15/h2,5,12,15,17H,3-4,6-11,13H2,1H3. The summed E-state index contributed by atoms with van der Waals surface area (Å²) in [6.07, 6.45) is 5.07. The Labute approximate surface area is 170 Å². The lowest BCUT2D eigenvalue weighted by Crippen LogP contribution is -2.47. The molecule has 1 aliphatic heterocycles. The Morgan fingerprint density at radius 3 is 2.52 bits per heavy atom. The first kappa shape index (κ1) is 17.7. The van der Waals surface area contributed by atoms with Crippen molar-refractivity contribution in [2.75, 3.05) is 31.1 Å². The third-order valence-corrected chi connectivity index (χ3v) is 6.61. The highest BCUT2D eigenvalue weighted by atomic mass is 35.5. The van der Waals surface area contributed by atoms with Gasteiger partial charge >= 0.3 is 0 Å². The number of aryl methyl sites for hydroxylation is 1. The van der Waals surface area contributed by atoms with Gasteiger partial charge in [-0.25, -0.2) is 4.68 Å². The normalized spacial score (nSPS) is 21.0. The number of aromatic nitrogens is 3. The van der Waals surface area contributed by atoms with E-state index in [1.54, 1.807) is 0 Å². The molecule has 1 aromatic carbocycles. The summed E-state index contributed by atoms with van der Waals surface area (Å²) in [5.74, 6) is 1.90. The fourth-order valence-electron chi connectivity index (χ4n) is 4.07. The monoisotopic (exact) mass is 403 g/mol. The summed E-state index contributed by atoms with van der Waals surface area (Å²) < 4.78 is 5.35. The fraction of sp³-hybridized carbons (Fsp3) is 0.600. The van der Waals surface area contributed by atoms with Crippen molar-refractivity contribution in [2.45, 2.75) is 51.2 Å². The van der Waals surface area contributed by atoms with Crippen LogP contribution in [0.15, 0.2) is 18.2 Å². The summed E-state index contributed by atoms with van der Waals surface area (Å²) in [5.41, 5.74) is 2.54. The van der Waals surface area contributed by atoms with E-state index in [2.05, 4.69) is 38.1 Å². The van der Waals surface area contributed by atoms with Gasteiger partial charge in [-0.3, -0.25) is 4.90 Å². The second-order valence-electron chi connectivity index (χ2n) is 8.19. The molecule has 2 aromatic rings. The van der Waals surface area contributed by atoms with Crippen LogP contribution >= 0.6 is 23.8 Å². The first-order valence-electron chi connectivity index (χ1n) is 10.0. The second-order valence-corrected chi connectivity index (χ2v) is 8.99. The zero-order chi connectivity index (χ0) is 18.5. The molecule has 0 radical (unpaired) electrons. The summed E-state index contributed by atoms with van der Waals surface area (Å²) in [6, 6.07) is 6.77. The Balaban J connectivity index is 1.28. The molecule has 3 aliphatic rings. The zero-order valence-corrected chi connectivity index (χ0v) is 17.3. The van der Waals surface area contributed by atoms with E-state index in [0.29, 0.717) is 12.0 Å². The van der Waals surface area contributed by atoms with Crippen LogP contribution in [0.1, 0.15) is 49.0 Å². The maximum absolute atomic E-state index is 6.21. The van der Waals surface area contributed by atoms with Crippen LogP contribution in [0.5, 0.6) is 0 Å². The molecule has 2 heterocycles. The summed E-state index contributed by atoms with van der Waals surface area (Å²) >= 11 is 12.0. The number of nitrogens with zero attached hydrogens (tertiary/aromatic N) is 5. The third kappa shape index (κ3) is 3.55. The predicted molar refractivity (Wildman–Crippen MR) is 111 cm³/mol. The van der Waals surface area contributed by atoms with Crippen molar-refractivity contribution in [1.82, 2.24) is 19.2 Å². The molecule has 2 aliphatic carbocycles. The molecule has 5 rings (SSSR count). The van der Waals surface area contributed by atoms with E-state index in [9.17, 15) is 0 Å². The number of hydrogen-bond donors (Lipinski definition) is 0. The van der Waals surface area contributed by atoms with Gasteiger partial charge in [-0.1, -0.05) is 17.7 Å². The molecule has 27 heavy (non-hydrogen) atoms. The summed E-state index contributed by atoms with van der Waals surface area (Å²) in [7, 11) is 0. The van der Waals surface area contributed by atoms with Crippen LogP contribution < -0.4 is 4.90 Å². The van der Waals surface area contributed by atoms with Crippen molar-refractivity contribution in [2.24, 2.45) is 0 Å². The van der Waals surface area contributed by atoms with Crippen molar-refractivity contribution in [1.29, 1.82) is 0 Å². The smallest absolute Gasteiger partial charge is 0.199 e. The largest absolute Gasteiger partial charge is 0.369 e. The summed E-state index contributed by atoms with van der Waals surface area (Å²) in [6.45, 7) is 7.01. The zero-order valence-electron chi connectivity index (χ0n) is 15.8. The molecular weight excluding hydrogens is 378 g/mol. The molecule has 1 aromatic heterocycles. The quantitative estimate of drug-likeness (QED) is 0.693. The molecule has 5 nitrogen and oxygen atoms in total. The average Bonchev–Trinajstić information content (AvgIpc) is 3.57. The van der Waals surface area contributed by atoms with E-state index >= 15 is 0 Å². The van der Waals surface area contributed by atoms with Crippen molar-refractivity contribution < 1.29 is 0 Å². The van der Waals surface area contributed by atoms with Gasteiger partial charge < -0.3 is 9.47 Å². The van der Waals surface area contributed by atoms with Crippen LogP contribution in [0.25, 0.3) is 0 Å². The average molecular weight is 404 g/mol. The number of benzene rings is 1. The number of halogens is 1. The molecule has 2 saturated carbocycles. The molecule has 144 valence electrons. The molecule has 0 atom stereocenters. The number of rotatable bonds is 5. The third-order valence-electron chi connectivity index (χ3n) is 5.97. The molecule has 1 saturated heterocycles. The fourth-order valence-corrected chi connectivity index (χ4v) is 4.58. The summed E-state index contributed by atoms with van der Waals surface area (Å²) in [4.78, 5) is 4.91. The van der Waals surface area contributed by atoms with Crippen molar-refractivity contribution in [3.05, 3.63) is 39.4 Å². The lowest BCUT2D eigenvalue weighted by atomic mass is 10.1. The van der Waals surface area contributed by atoms with Gasteiger partial charge in [-0.15, -0.1) is 0 Å². The van der Waals surface area contributed by atoms with Crippen LogP contribution in [-0.4, -0.2) is 45.4 Å². The minimum atomic E-state index is 0.615. The Kier molecular flexibility index (Phi) is 4.53. The van der Waals surface area contributed by atoms with Crippen LogP contribution in [0.3, 0.4) is 0 Å². The minimum absolute atomic E-state index is 0.615. The lowest BCUT2D eigenvalue weighted by Gasteiger charge is -2.36. The van der Waals surface area contributed by atoms with Gasteiger partial charge in [0.1, 0.15) is 5.82 Å². The van der Waals surface area contributed by atoms with Gasteiger partial charge in [0.05, 0.1) is 6.67 Å². The van der Waals surface area contributed by atoms with E-state index in [1.807, 2.05) is 6.07 Å². The maximum atomic E-state index is 6.21. The Morgan fingerprint density at radius 2 is 1.85 bits per heavy atom. The topological polar surface area (TPSA) is 29.2 Å². The Hall–Kier alpha value is -1.37. The highest BCUT2D eigenvalue weighted by molar-refractivity contribution is 7.71. The van der Waals surface area contributed by atoms with Gasteiger partial charge in [0, 0.05) is 48.8 Å². The molecule has 0 bridgehead atoms. The SMILES string of the molecule is Cc1ccc(Cl)cc1N1CCN(Cn2nc(C3CC3)n(C3CC3)c2=S)CC1. The molecule has 0 spiro atoms. The molecule has 7 heteroatoms. The van der Waals surface area contributed by atoms with E-state index < -0.39 is 0 Å². The van der Waals surface area contributed by atoms with E-state index in [4.69, 9.17) is 28.9 Å². The molecular formula is C20H26ClN5S. The van der Waals surface area contributed by atoms with Crippen LogP contribution in [0.2, 0.25) is 5.02 Å². The second kappa shape index (κ2) is 6.90. The Bertz CT molecular complexity index is 904. The predicted octanol–water partition coefficient (Wildman–Crippen LogP) is 4.37. The molecule has 3 fully saturated rings. The minimum Gasteiger partial charge on any atom is -0.369 e. The highest BCUT2D eigenvalue weighted by Crippen LogP contribution is 2.44. The summed E-state index contributed by atoms with van der Waals surface area (Å²) in [5, 5.41) is 5.74. The first-order chi connectivity index (χ1) is 13.1. The van der Waals surface area contributed by atoms with E-state index in [-0.39, 0.29) is 0 Å². The van der Waals surface area contributed by atoms with Gasteiger partial charge in [0.15, 0.2) is 4.77 Å². The van der Waals surface area contributed by atoms with E-state index in [0.717, 1.165) is 42.6 Å². The maximum Gasteiger partial charge on any atom is 0.199 e. The lowest BCUT2D eigenvalue weighted by molar-refractivity contribution is 0.193. The van der Waals surface area contributed by atoms with Crippen LogP contribution in [0, 0.1) is 11.7 Å². The van der Waals surface area contributed by atoms with Crippen LogP contribution in [0.4, 0.5) is 5.69 Å². The molecule has 0 unspecified atom stereocenters. The van der Waals surface area contributed by atoms with Gasteiger partial charge in [-0.2, -0.15) is 5.10 Å². The van der Waals surface area contributed by atoms with Crippen molar-refractivity contribution in [3.63, 3.8) is 0 Å². The number of hydrogen-bond acceptors (Lipinski definition) is 4. The first-order valence-corrected chi connectivity index (χ1v) is 10.8. The van der Waals surface area contributed by atoms with Gasteiger partial charge in [0.2, 0.25) is 0 Å². The van der Waals surface area contributed by atoms with Crippen molar-refractivity contribution >= 4 is 29.5 Å². The van der Waals surface area contributed by atoms with Crippen LogP contribution in [-0.2, 0) is 6.67 Å². The highest BCUT2D eigenvalue weighted by Gasteiger charge is 2.36. The Morgan fingerprint density at radius 1 is 1.11 bits per heavy atom. The number of anilines is 1. The van der Waals surface area contributed by atoms with E-state index in [1.165, 1.54) is 42.8 Å². The molecule has 0 amide bonds. The van der Waals surface area contributed by atoms with Gasteiger partial charge in [-0.05, 0) is 62.5 Å². The number of piperazine rings is 1. The molecule has 0 N–H and O–H groups in total. The van der Waals surface area contributed by atoms with Crippen molar-refractivity contribution in [3.8, 4) is 0 Å². The van der Waals surface area contributed by atoms with Gasteiger partial charge in [0.25, 0.3) is 0 Å².